The number of hydrogen-bond acceptors (Lipinski definition) is 3. The topological polar surface area (TPSA) is 49.9 Å². The highest BCUT2D eigenvalue weighted by molar-refractivity contribution is 6.04. The third-order valence-corrected chi connectivity index (χ3v) is 4.01. The van der Waals surface area contributed by atoms with Gasteiger partial charge in [-0.15, -0.1) is 0 Å². The van der Waals surface area contributed by atoms with Crippen LogP contribution in [0.15, 0.2) is 54.6 Å². The van der Waals surface area contributed by atoms with E-state index in [2.05, 4.69) is 0 Å². The summed E-state index contributed by atoms with van der Waals surface area (Å²) in [6.07, 6.45) is 0.263. The minimum Gasteiger partial charge on any atom is -0.491 e. The van der Waals surface area contributed by atoms with Gasteiger partial charge in [-0.05, 0) is 31.2 Å². The van der Waals surface area contributed by atoms with Gasteiger partial charge in [-0.3, -0.25) is 14.5 Å². The molecule has 0 N–H and O–H groups in total. The highest BCUT2D eigenvalue weighted by Crippen LogP contribution is 2.31. The molecule has 1 aliphatic heterocycles. The molecule has 0 fully saturated rings. The first-order valence-electron chi connectivity index (χ1n) is 8.08. The summed E-state index contributed by atoms with van der Waals surface area (Å²) >= 11 is 0. The van der Waals surface area contributed by atoms with E-state index in [4.69, 9.17) is 4.74 Å². The van der Waals surface area contributed by atoms with Crippen LogP contribution >= 0.6 is 0 Å². The van der Waals surface area contributed by atoms with Crippen LogP contribution in [0.25, 0.3) is 0 Å². The number of likely N-dealkylation sites (N-methyl/N-ethyl adjacent to an activating group) is 1. The van der Waals surface area contributed by atoms with Crippen LogP contribution in [0.3, 0.4) is 0 Å². The average molecular weight is 324 g/mol. The number of amides is 2. The van der Waals surface area contributed by atoms with E-state index >= 15 is 0 Å². The number of rotatable bonds is 4. The largest absolute Gasteiger partial charge is 0.491 e. The van der Waals surface area contributed by atoms with Gasteiger partial charge in [-0.1, -0.05) is 30.3 Å². The number of hydrogen-bond donors (Lipinski definition) is 0. The molecule has 3 rings (SSSR count). The van der Waals surface area contributed by atoms with Crippen LogP contribution in [-0.2, 0) is 9.59 Å². The van der Waals surface area contributed by atoms with E-state index in [0.29, 0.717) is 24.6 Å². The van der Waals surface area contributed by atoms with Crippen LogP contribution in [0.4, 0.5) is 11.4 Å². The van der Waals surface area contributed by atoms with E-state index in [1.807, 2.05) is 61.5 Å². The highest BCUT2D eigenvalue weighted by atomic mass is 16.5. The molecule has 2 aromatic carbocycles. The Balaban J connectivity index is 1.86. The summed E-state index contributed by atoms with van der Waals surface area (Å²) in [5.74, 6) is 0.421. The van der Waals surface area contributed by atoms with Crippen LogP contribution in [0.2, 0.25) is 0 Å². The van der Waals surface area contributed by atoms with Crippen molar-refractivity contribution in [3.63, 3.8) is 0 Å². The first kappa shape index (κ1) is 16.1. The fourth-order valence-corrected chi connectivity index (χ4v) is 2.82. The van der Waals surface area contributed by atoms with Crippen molar-refractivity contribution < 1.29 is 14.3 Å². The molecule has 5 nitrogen and oxygen atoms in total. The Hall–Kier alpha value is -2.82. The third kappa shape index (κ3) is 3.25. The Labute approximate surface area is 141 Å². The summed E-state index contributed by atoms with van der Waals surface area (Å²) in [7, 11) is 0. The van der Waals surface area contributed by atoms with Crippen molar-refractivity contribution in [3.8, 4) is 5.75 Å². The lowest BCUT2D eigenvalue weighted by Gasteiger charge is -2.26. The molecule has 0 spiro atoms. The number of ether oxygens (including phenoxy) is 1. The van der Waals surface area contributed by atoms with Crippen molar-refractivity contribution in [2.45, 2.75) is 13.3 Å². The van der Waals surface area contributed by atoms with Gasteiger partial charge in [0.05, 0.1) is 18.7 Å². The van der Waals surface area contributed by atoms with Crippen molar-refractivity contribution in [3.05, 3.63) is 54.6 Å². The van der Waals surface area contributed by atoms with Gasteiger partial charge in [-0.2, -0.15) is 0 Å². The maximum atomic E-state index is 12.8. The molecule has 2 amide bonds. The zero-order chi connectivity index (χ0) is 16.9. The van der Waals surface area contributed by atoms with E-state index < -0.39 is 0 Å². The lowest BCUT2D eigenvalue weighted by Crippen LogP contribution is -2.43. The molecule has 0 bridgehead atoms. The summed E-state index contributed by atoms with van der Waals surface area (Å²) < 4.78 is 5.61. The molecule has 1 heterocycles. The SMILES string of the molecule is CCN(C(=O)CN1C(=O)CCOc2ccccc21)c1ccccc1. The zero-order valence-corrected chi connectivity index (χ0v) is 13.6. The Morgan fingerprint density at radius 2 is 1.83 bits per heavy atom. The van der Waals surface area contributed by atoms with Crippen molar-refractivity contribution in [1.29, 1.82) is 0 Å². The second-order valence-corrected chi connectivity index (χ2v) is 5.52. The van der Waals surface area contributed by atoms with Gasteiger partial charge in [0.25, 0.3) is 0 Å². The van der Waals surface area contributed by atoms with Crippen molar-refractivity contribution >= 4 is 23.2 Å². The average Bonchev–Trinajstić information content (AvgIpc) is 2.76. The molecular weight excluding hydrogens is 304 g/mol. The quantitative estimate of drug-likeness (QED) is 0.869. The van der Waals surface area contributed by atoms with Gasteiger partial charge in [0.1, 0.15) is 12.3 Å². The molecule has 0 radical (unpaired) electrons. The summed E-state index contributed by atoms with van der Waals surface area (Å²) in [5.41, 5.74) is 1.48. The normalized spacial score (nSPS) is 13.7. The Kier molecular flexibility index (Phi) is 4.79. The minimum atomic E-state index is -0.117. The van der Waals surface area contributed by atoms with Crippen molar-refractivity contribution in [1.82, 2.24) is 0 Å². The minimum absolute atomic E-state index is 0.00193. The molecule has 0 atom stereocenters. The van der Waals surface area contributed by atoms with Crippen LogP contribution in [0.5, 0.6) is 5.75 Å². The number of para-hydroxylation sites is 3. The highest BCUT2D eigenvalue weighted by Gasteiger charge is 2.27. The molecule has 24 heavy (non-hydrogen) atoms. The lowest BCUT2D eigenvalue weighted by molar-refractivity contribution is -0.122. The molecule has 0 saturated heterocycles. The molecule has 0 aromatic heterocycles. The van der Waals surface area contributed by atoms with E-state index in [0.717, 1.165) is 5.69 Å². The molecule has 0 aliphatic carbocycles. The standard InChI is InChI=1S/C19H20N2O3/c1-2-20(15-8-4-3-5-9-15)19(23)14-21-16-10-6-7-11-17(16)24-13-12-18(21)22/h3-11H,2,12-14H2,1H3. The molecule has 0 unspecified atom stereocenters. The fourth-order valence-electron chi connectivity index (χ4n) is 2.82. The molecule has 124 valence electrons. The molecule has 2 aromatic rings. The summed E-state index contributed by atoms with van der Waals surface area (Å²) in [5, 5.41) is 0. The summed E-state index contributed by atoms with van der Waals surface area (Å²) in [6, 6.07) is 16.8. The van der Waals surface area contributed by atoms with Crippen molar-refractivity contribution in [2.24, 2.45) is 0 Å². The monoisotopic (exact) mass is 324 g/mol. The first-order valence-corrected chi connectivity index (χ1v) is 8.08. The van der Waals surface area contributed by atoms with Crippen LogP contribution < -0.4 is 14.5 Å². The van der Waals surface area contributed by atoms with Gasteiger partial charge in [-0.25, -0.2) is 0 Å². The molecular formula is C19H20N2O3. The van der Waals surface area contributed by atoms with Crippen molar-refractivity contribution in [2.75, 3.05) is 29.5 Å². The molecule has 0 saturated carbocycles. The summed E-state index contributed by atoms with van der Waals surface area (Å²) in [6.45, 7) is 2.80. The molecule has 5 heteroatoms. The maximum Gasteiger partial charge on any atom is 0.247 e. The van der Waals surface area contributed by atoms with Gasteiger partial charge in [0.2, 0.25) is 11.8 Å². The zero-order valence-electron chi connectivity index (χ0n) is 13.6. The molecule has 1 aliphatic rings. The van der Waals surface area contributed by atoms with E-state index in [-0.39, 0.29) is 24.8 Å². The smallest absolute Gasteiger partial charge is 0.247 e. The lowest BCUT2D eigenvalue weighted by atomic mass is 10.2. The second-order valence-electron chi connectivity index (χ2n) is 5.52. The predicted octanol–water partition coefficient (Wildman–Crippen LogP) is 2.86. The van der Waals surface area contributed by atoms with Gasteiger partial charge in [0.15, 0.2) is 0 Å². The Morgan fingerprint density at radius 1 is 1.12 bits per heavy atom. The van der Waals surface area contributed by atoms with Crippen LogP contribution in [0.1, 0.15) is 13.3 Å². The van der Waals surface area contributed by atoms with E-state index in [1.165, 1.54) is 4.90 Å². The van der Waals surface area contributed by atoms with E-state index in [1.54, 1.807) is 4.90 Å². The number of nitrogens with zero attached hydrogens (tertiary/aromatic N) is 2. The number of benzene rings is 2. The Morgan fingerprint density at radius 3 is 2.58 bits per heavy atom. The third-order valence-electron chi connectivity index (χ3n) is 4.01. The van der Waals surface area contributed by atoms with Crippen LogP contribution in [-0.4, -0.2) is 31.5 Å². The number of carbonyl (C=O) groups excluding carboxylic acids is 2. The number of fused-ring (bicyclic) bond motifs is 1. The fraction of sp³-hybridized carbons (Fsp3) is 0.263. The predicted molar refractivity (Wildman–Crippen MR) is 93.4 cm³/mol. The van der Waals surface area contributed by atoms with Crippen LogP contribution in [0, 0.1) is 0 Å². The first-order chi connectivity index (χ1) is 11.7. The number of anilines is 2. The van der Waals surface area contributed by atoms with Gasteiger partial charge >= 0.3 is 0 Å². The van der Waals surface area contributed by atoms with Gasteiger partial charge < -0.3 is 9.64 Å². The Bertz CT molecular complexity index is 730. The summed E-state index contributed by atoms with van der Waals surface area (Å²) in [4.78, 5) is 28.4. The second kappa shape index (κ2) is 7.17. The van der Waals surface area contributed by atoms with E-state index in [9.17, 15) is 9.59 Å². The van der Waals surface area contributed by atoms with Gasteiger partial charge in [0, 0.05) is 12.2 Å². The number of carbonyl (C=O) groups is 2. The maximum absolute atomic E-state index is 12.8.